The number of fused-ring (bicyclic) bond motifs is 3. The Morgan fingerprint density at radius 3 is 2.74 bits per heavy atom. The Bertz CT molecular complexity index is 1010. The summed E-state index contributed by atoms with van der Waals surface area (Å²) in [6.45, 7) is 0. The van der Waals surface area contributed by atoms with Gasteiger partial charge in [-0.05, 0) is 24.3 Å². The minimum absolute atomic E-state index is 0.209. The minimum Gasteiger partial charge on any atom is -0.469 e. The SMILES string of the molecule is N#C[C@@H]1C(=N)Oc2c(c(=O)oc3ccccc23)[C@H]1c1ccco1. The van der Waals surface area contributed by atoms with Crippen LogP contribution in [0.25, 0.3) is 11.0 Å². The highest BCUT2D eigenvalue weighted by Gasteiger charge is 2.42. The molecule has 3 aromatic rings. The van der Waals surface area contributed by atoms with Gasteiger partial charge in [-0.1, -0.05) is 12.1 Å². The number of rotatable bonds is 1. The van der Waals surface area contributed by atoms with E-state index in [2.05, 4.69) is 0 Å². The second kappa shape index (κ2) is 4.85. The lowest BCUT2D eigenvalue weighted by atomic mass is 9.82. The van der Waals surface area contributed by atoms with Crippen molar-refractivity contribution in [2.45, 2.75) is 5.92 Å². The third-order valence-corrected chi connectivity index (χ3v) is 3.93. The minimum atomic E-state index is -0.947. The lowest BCUT2D eigenvalue weighted by molar-refractivity contribution is 0.393. The lowest BCUT2D eigenvalue weighted by Gasteiger charge is -2.28. The number of benzene rings is 1. The first-order chi connectivity index (χ1) is 11.2. The first kappa shape index (κ1) is 13.3. The second-order valence-electron chi connectivity index (χ2n) is 5.19. The van der Waals surface area contributed by atoms with Gasteiger partial charge in [0.25, 0.3) is 0 Å². The Morgan fingerprint density at radius 1 is 1.17 bits per heavy atom. The molecular formula is C17H10N2O4. The molecule has 0 unspecified atom stereocenters. The number of nitrogens with zero attached hydrogens (tertiary/aromatic N) is 1. The van der Waals surface area contributed by atoms with Gasteiger partial charge in [-0.25, -0.2) is 4.79 Å². The van der Waals surface area contributed by atoms with Gasteiger partial charge < -0.3 is 13.6 Å². The Balaban J connectivity index is 2.09. The van der Waals surface area contributed by atoms with Crippen LogP contribution >= 0.6 is 0 Å². The van der Waals surface area contributed by atoms with Crippen LogP contribution in [0.4, 0.5) is 0 Å². The molecule has 0 saturated carbocycles. The molecule has 1 aliphatic heterocycles. The highest BCUT2D eigenvalue weighted by molar-refractivity contribution is 5.92. The molecule has 2 atom stereocenters. The van der Waals surface area contributed by atoms with Gasteiger partial charge >= 0.3 is 5.63 Å². The van der Waals surface area contributed by atoms with E-state index < -0.39 is 17.5 Å². The van der Waals surface area contributed by atoms with E-state index in [0.717, 1.165) is 0 Å². The van der Waals surface area contributed by atoms with Crippen molar-refractivity contribution < 1.29 is 13.6 Å². The van der Waals surface area contributed by atoms with Crippen molar-refractivity contribution in [1.82, 2.24) is 0 Å². The zero-order chi connectivity index (χ0) is 16.0. The molecule has 3 heterocycles. The van der Waals surface area contributed by atoms with Crippen LogP contribution in [0.15, 0.2) is 56.3 Å². The van der Waals surface area contributed by atoms with Gasteiger partial charge in [-0.3, -0.25) is 5.41 Å². The summed E-state index contributed by atoms with van der Waals surface area (Å²) in [5.41, 5.74) is -0.00768. The maximum atomic E-state index is 12.5. The molecule has 0 radical (unpaired) electrons. The number of ether oxygens (including phenoxy) is 1. The summed E-state index contributed by atoms with van der Waals surface area (Å²) in [7, 11) is 0. The molecule has 1 aliphatic rings. The monoisotopic (exact) mass is 306 g/mol. The zero-order valence-corrected chi connectivity index (χ0v) is 11.8. The molecule has 0 spiro atoms. The molecule has 4 rings (SSSR count). The standard InChI is InChI=1S/C17H10N2O4/c18-8-10-13(12-6-3-7-21-12)14-15(23-16(10)19)9-4-1-2-5-11(9)22-17(14)20/h1-7,10,13,19H/t10-,13+/m0/s1. The molecule has 23 heavy (non-hydrogen) atoms. The highest BCUT2D eigenvalue weighted by atomic mass is 16.5. The smallest absolute Gasteiger partial charge is 0.344 e. The van der Waals surface area contributed by atoms with E-state index in [1.807, 2.05) is 6.07 Å². The molecule has 1 aromatic carbocycles. The molecule has 6 heteroatoms. The fourth-order valence-electron chi connectivity index (χ4n) is 2.91. The number of para-hydroxylation sites is 1. The second-order valence-corrected chi connectivity index (χ2v) is 5.19. The van der Waals surface area contributed by atoms with Crippen LogP contribution < -0.4 is 10.4 Å². The average Bonchev–Trinajstić information content (AvgIpc) is 3.08. The summed E-state index contributed by atoms with van der Waals surface area (Å²) in [6, 6.07) is 12.3. The number of furan rings is 1. The van der Waals surface area contributed by atoms with E-state index in [-0.39, 0.29) is 17.2 Å². The Morgan fingerprint density at radius 2 is 2.00 bits per heavy atom. The number of nitriles is 1. The zero-order valence-electron chi connectivity index (χ0n) is 11.8. The maximum Gasteiger partial charge on any atom is 0.344 e. The largest absolute Gasteiger partial charge is 0.469 e. The molecule has 0 bridgehead atoms. The van der Waals surface area contributed by atoms with Crippen LogP contribution in [-0.2, 0) is 0 Å². The topological polar surface area (TPSA) is 100 Å². The molecular weight excluding hydrogens is 296 g/mol. The van der Waals surface area contributed by atoms with E-state index in [1.165, 1.54) is 6.26 Å². The Hall–Kier alpha value is -3.33. The van der Waals surface area contributed by atoms with Crippen molar-refractivity contribution in [2.24, 2.45) is 5.92 Å². The summed E-state index contributed by atoms with van der Waals surface area (Å²) in [5, 5.41) is 18.0. The van der Waals surface area contributed by atoms with E-state index in [1.54, 1.807) is 36.4 Å². The average molecular weight is 306 g/mol. The Labute approximate surface area is 130 Å². The highest BCUT2D eigenvalue weighted by Crippen LogP contribution is 2.43. The van der Waals surface area contributed by atoms with Gasteiger partial charge in [0.1, 0.15) is 17.3 Å². The number of hydrogen-bond donors (Lipinski definition) is 1. The molecule has 6 nitrogen and oxygen atoms in total. The van der Waals surface area contributed by atoms with Crippen molar-refractivity contribution >= 4 is 16.9 Å². The summed E-state index contributed by atoms with van der Waals surface area (Å²) in [5.74, 6) is -1.20. The van der Waals surface area contributed by atoms with E-state index in [4.69, 9.17) is 19.0 Å². The summed E-state index contributed by atoms with van der Waals surface area (Å²) < 4.78 is 16.3. The van der Waals surface area contributed by atoms with Crippen molar-refractivity contribution in [1.29, 1.82) is 10.7 Å². The molecule has 0 aliphatic carbocycles. The number of nitrogens with one attached hydrogen (secondary N) is 1. The maximum absolute atomic E-state index is 12.5. The molecule has 1 N–H and O–H groups in total. The van der Waals surface area contributed by atoms with Crippen LogP contribution in [0.1, 0.15) is 17.2 Å². The molecule has 2 aromatic heterocycles. The van der Waals surface area contributed by atoms with Gasteiger partial charge in [0, 0.05) is 0 Å². The van der Waals surface area contributed by atoms with Crippen LogP contribution in [0.5, 0.6) is 5.75 Å². The molecule has 112 valence electrons. The summed E-state index contributed by atoms with van der Waals surface area (Å²) in [4.78, 5) is 12.5. The molecule has 0 amide bonds. The predicted octanol–water partition coefficient (Wildman–Crippen LogP) is 3.03. The third kappa shape index (κ3) is 1.87. The van der Waals surface area contributed by atoms with E-state index in [9.17, 15) is 10.1 Å². The first-order valence-corrected chi connectivity index (χ1v) is 6.95. The van der Waals surface area contributed by atoms with Gasteiger partial charge in [-0.2, -0.15) is 5.26 Å². The quantitative estimate of drug-likeness (QED) is 0.696. The Kier molecular flexibility index (Phi) is 2.81. The lowest BCUT2D eigenvalue weighted by Crippen LogP contribution is -2.34. The fourth-order valence-corrected chi connectivity index (χ4v) is 2.91. The molecule has 0 fully saturated rings. The van der Waals surface area contributed by atoms with Crippen LogP contribution in [0.3, 0.4) is 0 Å². The third-order valence-electron chi connectivity index (χ3n) is 3.93. The van der Waals surface area contributed by atoms with Crippen molar-refractivity contribution in [3.63, 3.8) is 0 Å². The van der Waals surface area contributed by atoms with E-state index in [0.29, 0.717) is 16.7 Å². The predicted molar refractivity (Wildman–Crippen MR) is 80.5 cm³/mol. The summed E-state index contributed by atoms with van der Waals surface area (Å²) >= 11 is 0. The molecule has 0 saturated heterocycles. The van der Waals surface area contributed by atoms with Gasteiger partial charge in [0.15, 0.2) is 5.75 Å². The van der Waals surface area contributed by atoms with Gasteiger partial charge in [0.05, 0.1) is 29.2 Å². The van der Waals surface area contributed by atoms with Crippen molar-refractivity contribution in [3.8, 4) is 11.8 Å². The van der Waals surface area contributed by atoms with Crippen molar-refractivity contribution in [2.75, 3.05) is 0 Å². The first-order valence-electron chi connectivity index (χ1n) is 6.95. The van der Waals surface area contributed by atoms with Gasteiger partial charge in [0.2, 0.25) is 5.90 Å². The van der Waals surface area contributed by atoms with Crippen LogP contribution in [0.2, 0.25) is 0 Å². The van der Waals surface area contributed by atoms with Crippen molar-refractivity contribution in [3.05, 3.63) is 64.4 Å². The number of hydrogen-bond acceptors (Lipinski definition) is 6. The van der Waals surface area contributed by atoms with Gasteiger partial charge in [-0.15, -0.1) is 0 Å². The van der Waals surface area contributed by atoms with Crippen LogP contribution in [0, 0.1) is 22.7 Å². The normalized spacial score (nSPS) is 19.9. The fraction of sp³-hybridized carbons (Fsp3) is 0.118. The summed E-state index contributed by atoms with van der Waals surface area (Å²) in [6.07, 6.45) is 1.46. The van der Waals surface area contributed by atoms with E-state index >= 15 is 0 Å². The van der Waals surface area contributed by atoms with Crippen LogP contribution in [-0.4, -0.2) is 5.90 Å².